The molecule has 1 amide bonds. The van der Waals surface area contributed by atoms with Crippen LogP contribution in [0.3, 0.4) is 0 Å². The third-order valence-corrected chi connectivity index (χ3v) is 2.48. The van der Waals surface area contributed by atoms with Crippen LogP contribution >= 0.6 is 0 Å². The van der Waals surface area contributed by atoms with Crippen molar-refractivity contribution in [2.45, 2.75) is 13.0 Å². The molecule has 0 aliphatic carbocycles. The van der Waals surface area contributed by atoms with Crippen molar-refractivity contribution in [2.75, 3.05) is 33.3 Å². The summed E-state index contributed by atoms with van der Waals surface area (Å²) in [5, 5.41) is 8.81. The molecule has 1 unspecified atom stereocenters. The number of nitrogens with zero attached hydrogens (tertiary/aromatic N) is 2. The van der Waals surface area contributed by atoms with Crippen LogP contribution in [-0.4, -0.2) is 66.3 Å². The molecule has 1 fully saturated rings. The molecule has 6 heteroatoms. The minimum absolute atomic E-state index is 0.185. The number of esters is 1. The van der Waals surface area contributed by atoms with E-state index in [1.165, 1.54) is 4.90 Å². The smallest absolute Gasteiger partial charge is 0.407 e. The average Bonchev–Trinajstić information content (AvgIpc) is 2.18. The van der Waals surface area contributed by atoms with Crippen LogP contribution in [0.4, 0.5) is 4.79 Å². The van der Waals surface area contributed by atoms with Gasteiger partial charge in [0.25, 0.3) is 0 Å². The monoisotopic (exact) mass is 216 g/mol. The molecule has 0 saturated carbocycles. The van der Waals surface area contributed by atoms with Crippen LogP contribution in [0.25, 0.3) is 0 Å². The van der Waals surface area contributed by atoms with Gasteiger partial charge in [-0.05, 0) is 14.0 Å². The van der Waals surface area contributed by atoms with E-state index in [1.807, 2.05) is 4.90 Å². The second-order valence-corrected chi connectivity index (χ2v) is 3.48. The molecule has 0 aromatic rings. The second-order valence-electron chi connectivity index (χ2n) is 3.48. The summed E-state index contributed by atoms with van der Waals surface area (Å²) in [7, 11) is 1.79. The molecule has 6 nitrogen and oxygen atoms in total. The molecular weight excluding hydrogens is 200 g/mol. The first-order valence-electron chi connectivity index (χ1n) is 4.91. The molecule has 1 aliphatic rings. The normalized spacial score (nSPS) is 22.5. The highest BCUT2D eigenvalue weighted by atomic mass is 16.5. The van der Waals surface area contributed by atoms with E-state index in [2.05, 4.69) is 0 Å². The van der Waals surface area contributed by atoms with Gasteiger partial charge in [-0.1, -0.05) is 0 Å². The van der Waals surface area contributed by atoms with E-state index in [9.17, 15) is 9.59 Å². The molecule has 1 saturated heterocycles. The predicted molar refractivity (Wildman–Crippen MR) is 52.6 cm³/mol. The van der Waals surface area contributed by atoms with Crippen LogP contribution < -0.4 is 0 Å². The predicted octanol–water partition coefficient (Wildman–Crippen LogP) is -0.156. The number of amides is 1. The SMILES string of the molecule is CCOC(=O)C1CN(C(=O)O)CCN1C. The Labute approximate surface area is 88.4 Å². The highest BCUT2D eigenvalue weighted by molar-refractivity contribution is 5.77. The minimum atomic E-state index is -0.989. The molecule has 0 radical (unpaired) electrons. The summed E-state index contributed by atoms with van der Waals surface area (Å²) in [6.45, 7) is 3.22. The highest BCUT2D eigenvalue weighted by Crippen LogP contribution is 2.09. The quantitative estimate of drug-likeness (QED) is 0.650. The summed E-state index contributed by atoms with van der Waals surface area (Å²) in [6, 6.07) is -0.477. The van der Waals surface area contributed by atoms with Crippen molar-refractivity contribution in [3.05, 3.63) is 0 Å². The third-order valence-electron chi connectivity index (χ3n) is 2.48. The van der Waals surface area contributed by atoms with Crippen molar-refractivity contribution in [1.29, 1.82) is 0 Å². The summed E-state index contributed by atoms with van der Waals surface area (Å²) >= 11 is 0. The Kier molecular flexibility index (Phi) is 3.90. The van der Waals surface area contributed by atoms with E-state index >= 15 is 0 Å². The molecule has 0 bridgehead atoms. The van der Waals surface area contributed by atoms with E-state index in [0.717, 1.165) is 0 Å². The number of piperazine rings is 1. The van der Waals surface area contributed by atoms with Gasteiger partial charge in [0.05, 0.1) is 13.2 Å². The Morgan fingerprint density at radius 1 is 1.47 bits per heavy atom. The van der Waals surface area contributed by atoms with Crippen molar-refractivity contribution in [1.82, 2.24) is 9.80 Å². The van der Waals surface area contributed by atoms with Gasteiger partial charge in [0.15, 0.2) is 0 Å². The molecule has 1 aliphatic heterocycles. The van der Waals surface area contributed by atoms with Gasteiger partial charge in [0, 0.05) is 13.1 Å². The zero-order chi connectivity index (χ0) is 11.4. The molecule has 1 N–H and O–H groups in total. The number of hydrogen-bond donors (Lipinski definition) is 1. The molecular formula is C9H16N2O4. The fraction of sp³-hybridized carbons (Fsp3) is 0.778. The Hall–Kier alpha value is -1.30. The van der Waals surface area contributed by atoms with Crippen molar-refractivity contribution in [3.63, 3.8) is 0 Å². The lowest BCUT2D eigenvalue weighted by atomic mass is 10.2. The maximum atomic E-state index is 11.5. The number of rotatable bonds is 2. The van der Waals surface area contributed by atoms with Gasteiger partial charge >= 0.3 is 12.1 Å². The number of carbonyl (C=O) groups excluding carboxylic acids is 1. The fourth-order valence-corrected chi connectivity index (χ4v) is 1.54. The van der Waals surface area contributed by atoms with E-state index < -0.39 is 12.1 Å². The number of ether oxygens (including phenoxy) is 1. The van der Waals surface area contributed by atoms with Gasteiger partial charge in [-0.15, -0.1) is 0 Å². The van der Waals surface area contributed by atoms with Gasteiger partial charge in [-0.2, -0.15) is 0 Å². The molecule has 1 rings (SSSR count). The van der Waals surface area contributed by atoms with Gasteiger partial charge in [0.2, 0.25) is 0 Å². The van der Waals surface area contributed by atoms with E-state index in [-0.39, 0.29) is 12.5 Å². The van der Waals surface area contributed by atoms with Gasteiger partial charge in [-0.25, -0.2) is 4.79 Å². The molecule has 0 aromatic heterocycles. The first kappa shape index (κ1) is 11.8. The summed E-state index contributed by atoms with van der Waals surface area (Å²) in [5.41, 5.74) is 0. The van der Waals surface area contributed by atoms with E-state index in [4.69, 9.17) is 9.84 Å². The van der Waals surface area contributed by atoms with Crippen LogP contribution in [0.1, 0.15) is 6.92 Å². The van der Waals surface area contributed by atoms with Crippen LogP contribution in [0.15, 0.2) is 0 Å². The van der Waals surface area contributed by atoms with E-state index in [0.29, 0.717) is 19.7 Å². The second kappa shape index (κ2) is 4.97. The highest BCUT2D eigenvalue weighted by Gasteiger charge is 2.32. The van der Waals surface area contributed by atoms with Gasteiger partial charge in [-0.3, -0.25) is 9.69 Å². The topological polar surface area (TPSA) is 70.1 Å². The first-order valence-corrected chi connectivity index (χ1v) is 4.91. The minimum Gasteiger partial charge on any atom is -0.465 e. The van der Waals surface area contributed by atoms with Gasteiger partial charge in [0.1, 0.15) is 6.04 Å². The maximum absolute atomic E-state index is 11.5. The fourth-order valence-electron chi connectivity index (χ4n) is 1.54. The maximum Gasteiger partial charge on any atom is 0.407 e. The lowest BCUT2D eigenvalue weighted by Gasteiger charge is -2.36. The van der Waals surface area contributed by atoms with Crippen molar-refractivity contribution < 1.29 is 19.4 Å². The van der Waals surface area contributed by atoms with Crippen molar-refractivity contribution >= 4 is 12.1 Å². The average molecular weight is 216 g/mol. The Balaban J connectivity index is 2.60. The van der Waals surface area contributed by atoms with Crippen LogP contribution in [0.5, 0.6) is 0 Å². The van der Waals surface area contributed by atoms with Crippen LogP contribution in [0.2, 0.25) is 0 Å². The Morgan fingerprint density at radius 2 is 2.13 bits per heavy atom. The lowest BCUT2D eigenvalue weighted by molar-refractivity contribution is -0.150. The Morgan fingerprint density at radius 3 is 2.67 bits per heavy atom. The summed E-state index contributed by atoms with van der Waals surface area (Å²) in [6.07, 6.45) is -0.989. The largest absolute Gasteiger partial charge is 0.465 e. The molecule has 0 spiro atoms. The molecule has 15 heavy (non-hydrogen) atoms. The third kappa shape index (κ3) is 2.82. The first-order chi connectivity index (χ1) is 7.06. The standard InChI is InChI=1S/C9H16N2O4/c1-3-15-8(12)7-6-11(9(13)14)5-4-10(7)2/h7H,3-6H2,1-2H3,(H,13,14). The Bertz CT molecular complexity index is 256. The molecule has 1 heterocycles. The summed E-state index contributed by atoms with van der Waals surface area (Å²) in [5.74, 6) is -0.356. The van der Waals surface area contributed by atoms with Crippen LogP contribution in [-0.2, 0) is 9.53 Å². The van der Waals surface area contributed by atoms with Crippen LogP contribution in [0, 0.1) is 0 Å². The van der Waals surface area contributed by atoms with E-state index in [1.54, 1.807) is 14.0 Å². The molecule has 1 atom stereocenters. The lowest BCUT2D eigenvalue weighted by Crippen LogP contribution is -2.56. The number of carboxylic acid groups (broad SMARTS) is 1. The summed E-state index contributed by atoms with van der Waals surface area (Å²) in [4.78, 5) is 25.3. The molecule has 86 valence electrons. The zero-order valence-corrected chi connectivity index (χ0v) is 8.97. The molecule has 0 aromatic carbocycles. The number of carbonyl (C=O) groups is 2. The summed E-state index contributed by atoms with van der Waals surface area (Å²) < 4.78 is 4.88. The zero-order valence-electron chi connectivity index (χ0n) is 8.97. The van der Waals surface area contributed by atoms with Crippen molar-refractivity contribution in [3.8, 4) is 0 Å². The number of hydrogen-bond acceptors (Lipinski definition) is 4. The number of likely N-dealkylation sites (N-methyl/N-ethyl adjacent to an activating group) is 1. The van der Waals surface area contributed by atoms with Crippen molar-refractivity contribution in [2.24, 2.45) is 0 Å². The van der Waals surface area contributed by atoms with Gasteiger partial charge < -0.3 is 14.7 Å².